The smallest absolute Gasteiger partial charge is 0.238 e. The third-order valence-corrected chi connectivity index (χ3v) is 4.56. The fourth-order valence-corrected chi connectivity index (χ4v) is 2.94. The number of carbonyl (C=O) groups is 1. The van der Waals surface area contributed by atoms with Crippen LogP contribution < -0.4 is 10.5 Å². The molecule has 0 spiro atoms. The largest absolute Gasteiger partial charge is 0.353 e. The van der Waals surface area contributed by atoms with Crippen LogP contribution in [0.25, 0.3) is 0 Å². The van der Waals surface area contributed by atoms with Gasteiger partial charge < -0.3 is 5.32 Å². The highest BCUT2D eigenvalue weighted by atomic mass is 32.2. The zero-order valence-electron chi connectivity index (χ0n) is 11.5. The predicted molar refractivity (Wildman–Crippen MR) is 76.5 cm³/mol. The Morgan fingerprint density at radius 1 is 1.30 bits per heavy atom. The average molecular weight is 296 g/mol. The Morgan fingerprint density at radius 3 is 2.40 bits per heavy atom. The van der Waals surface area contributed by atoms with Crippen molar-refractivity contribution in [1.82, 2.24) is 5.32 Å². The first-order valence-corrected chi connectivity index (χ1v) is 8.30. The molecular formula is C14H20N2O3S. The summed E-state index contributed by atoms with van der Waals surface area (Å²) in [6, 6.07) is 6.66. The van der Waals surface area contributed by atoms with E-state index in [0.29, 0.717) is 24.8 Å². The number of aryl methyl sites for hydroxylation is 1. The van der Waals surface area contributed by atoms with Gasteiger partial charge >= 0.3 is 0 Å². The summed E-state index contributed by atoms with van der Waals surface area (Å²) in [6.07, 6.45) is 3.14. The molecule has 0 radical (unpaired) electrons. The molecule has 0 unspecified atom stereocenters. The molecule has 1 fully saturated rings. The van der Waals surface area contributed by atoms with E-state index in [1.165, 1.54) is 12.1 Å². The van der Waals surface area contributed by atoms with Crippen LogP contribution in [-0.4, -0.2) is 20.4 Å². The Labute approximate surface area is 119 Å². The molecule has 20 heavy (non-hydrogen) atoms. The Kier molecular flexibility index (Phi) is 4.45. The van der Waals surface area contributed by atoms with E-state index in [0.717, 1.165) is 18.4 Å². The second-order valence-corrected chi connectivity index (χ2v) is 7.09. The van der Waals surface area contributed by atoms with E-state index >= 15 is 0 Å². The highest BCUT2D eigenvalue weighted by molar-refractivity contribution is 7.89. The third-order valence-electron chi connectivity index (χ3n) is 3.63. The Morgan fingerprint density at radius 2 is 1.90 bits per heavy atom. The van der Waals surface area contributed by atoms with Gasteiger partial charge in [-0.05, 0) is 42.9 Å². The summed E-state index contributed by atoms with van der Waals surface area (Å²) >= 11 is 0. The highest BCUT2D eigenvalue weighted by Crippen LogP contribution is 2.26. The topological polar surface area (TPSA) is 89.3 Å². The van der Waals surface area contributed by atoms with E-state index in [2.05, 4.69) is 12.2 Å². The molecule has 0 aliphatic heterocycles. The van der Waals surface area contributed by atoms with E-state index in [-0.39, 0.29) is 10.8 Å². The van der Waals surface area contributed by atoms with E-state index in [1.807, 2.05) is 0 Å². The Balaban J connectivity index is 1.80. The van der Waals surface area contributed by atoms with Gasteiger partial charge in [0.2, 0.25) is 15.9 Å². The summed E-state index contributed by atoms with van der Waals surface area (Å²) in [7, 11) is -3.65. The molecule has 1 aliphatic rings. The molecule has 1 amide bonds. The summed E-state index contributed by atoms with van der Waals surface area (Å²) in [5.41, 5.74) is 0.925. The van der Waals surface area contributed by atoms with Gasteiger partial charge in [-0.15, -0.1) is 0 Å². The van der Waals surface area contributed by atoms with Crippen LogP contribution in [0.5, 0.6) is 0 Å². The predicted octanol–water partition coefficient (Wildman–Crippen LogP) is 1.18. The van der Waals surface area contributed by atoms with E-state index in [1.54, 1.807) is 12.1 Å². The lowest BCUT2D eigenvalue weighted by molar-refractivity contribution is -0.122. The lowest BCUT2D eigenvalue weighted by Gasteiger charge is -2.33. The lowest BCUT2D eigenvalue weighted by atomic mass is 9.82. The minimum atomic E-state index is -3.65. The number of primary sulfonamides is 1. The van der Waals surface area contributed by atoms with Crippen molar-refractivity contribution in [3.05, 3.63) is 29.8 Å². The summed E-state index contributed by atoms with van der Waals surface area (Å²) in [6.45, 7) is 2.18. The van der Waals surface area contributed by atoms with Gasteiger partial charge in [-0.25, -0.2) is 13.6 Å². The molecule has 0 aromatic heterocycles. The van der Waals surface area contributed by atoms with Gasteiger partial charge in [0.1, 0.15) is 0 Å². The van der Waals surface area contributed by atoms with Gasteiger partial charge in [0.15, 0.2) is 0 Å². The van der Waals surface area contributed by atoms with Crippen molar-refractivity contribution >= 4 is 15.9 Å². The second-order valence-electron chi connectivity index (χ2n) is 5.53. The van der Waals surface area contributed by atoms with Crippen LogP contribution in [0.4, 0.5) is 0 Å². The molecule has 3 N–H and O–H groups in total. The Hall–Kier alpha value is -1.40. The Bertz CT molecular complexity index is 575. The maximum atomic E-state index is 11.7. The average Bonchev–Trinajstić information content (AvgIpc) is 2.34. The number of benzene rings is 1. The quantitative estimate of drug-likeness (QED) is 0.855. The van der Waals surface area contributed by atoms with Crippen molar-refractivity contribution in [3.8, 4) is 0 Å². The number of carbonyl (C=O) groups excluding carboxylic acids is 1. The number of nitrogens with one attached hydrogen (secondary N) is 1. The van der Waals surface area contributed by atoms with Crippen molar-refractivity contribution in [1.29, 1.82) is 0 Å². The molecule has 6 heteroatoms. The molecular weight excluding hydrogens is 276 g/mol. The first-order chi connectivity index (χ1) is 9.34. The van der Waals surface area contributed by atoms with Gasteiger partial charge in [0.05, 0.1) is 4.90 Å². The van der Waals surface area contributed by atoms with Crippen LogP contribution in [0.1, 0.15) is 31.7 Å². The zero-order chi connectivity index (χ0) is 14.8. The molecule has 1 saturated carbocycles. The molecule has 2 rings (SSSR count). The molecule has 0 saturated heterocycles. The van der Waals surface area contributed by atoms with Crippen LogP contribution in [0.3, 0.4) is 0 Å². The van der Waals surface area contributed by atoms with Crippen molar-refractivity contribution in [2.75, 3.05) is 0 Å². The van der Waals surface area contributed by atoms with Gasteiger partial charge in [-0.3, -0.25) is 4.79 Å². The molecule has 1 aromatic carbocycles. The van der Waals surface area contributed by atoms with Gasteiger partial charge in [0, 0.05) is 12.5 Å². The van der Waals surface area contributed by atoms with E-state index in [4.69, 9.17) is 5.14 Å². The number of hydrogen-bond donors (Lipinski definition) is 2. The summed E-state index contributed by atoms with van der Waals surface area (Å²) < 4.78 is 22.2. The van der Waals surface area contributed by atoms with Crippen molar-refractivity contribution < 1.29 is 13.2 Å². The summed E-state index contributed by atoms with van der Waals surface area (Å²) in [4.78, 5) is 11.8. The molecule has 0 heterocycles. The second kappa shape index (κ2) is 5.93. The van der Waals surface area contributed by atoms with Gasteiger partial charge in [-0.1, -0.05) is 19.1 Å². The minimum absolute atomic E-state index is 0.0532. The van der Waals surface area contributed by atoms with E-state index < -0.39 is 10.0 Å². The first kappa shape index (κ1) is 15.0. The van der Waals surface area contributed by atoms with Crippen molar-refractivity contribution in [3.63, 3.8) is 0 Å². The molecule has 0 bridgehead atoms. The van der Waals surface area contributed by atoms with Crippen LogP contribution in [0.2, 0.25) is 0 Å². The molecule has 110 valence electrons. The number of sulfonamides is 1. The lowest BCUT2D eigenvalue weighted by Crippen LogP contribution is -2.43. The van der Waals surface area contributed by atoms with Gasteiger partial charge in [0.25, 0.3) is 0 Å². The standard InChI is InChI=1S/C14H20N2O3S/c1-10-8-12(9-10)16-14(17)7-4-11-2-5-13(6-3-11)20(15,18)19/h2-3,5-6,10,12H,4,7-9H2,1H3,(H,16,17)(H2,15,18,19). The maximum Gasteiger partial charge on any atom is 0.238 e. The first-order valence-electron chi connectivity index (χ1n) is 6.75. The normalized spacial score (nSPS) is 22.1. The molecule has 0 atom stereocenters. The highest BCUT2D eigenvalue weighted by Gasteiger charge is 2.26. The monoisotopic (exact) mass is 296 g/mol. The number of nitrogens with two attached hydrogens (primary N) is 1. The van der Waals surface area contributed by atoms with Gasteiger partial charge in [-0.2, -0.15) is 0 Å². The summed E-state index contributed by atoms with van der Waals surface area (Å²) in [5.74, 6) is 0.767. The number of rotatable bonds is 5. The minimum Gasteiger partial charge on any atom is -0.353 e. The van der Waals surface area contributed by atoms with Crippen LogP contribution in [0, 0.1) is 5.92 Å². The van der Waals surface area contributed by atoms with Crippen molar-refractivity contribution in [2.45, 2.75) is 43.5 Å². The maximum absolute atomic E-state index is 11.7. The molecule has 1 aromatic rings. The van der Waals surface area contributed by atoms with Crippen LogP contribution in [-0.2, 0) is 21.2 Å². The van der Waals surface area contributed by atoms with Crippen LogP contribution in [0.15, 0.2) is 29.2 Å². The molecule has 5 nitrogen and oxygen atoms in total. The third kappa shape index (κ3) is 4.05. The summed E-state index contributed by atoms with van der Waals surface area (Å²) in [5, 5.41) is 8.02. The number of amides is 1. The number of hydrogen-bond acceptors (Lipinski definition) is 3. The van der Waals surface area contributed by atoms with Crippen LogP contribution >= 0.6 is 0 Å². The fraction of sp³-hybridized carbons (Fsp3) is 0.500. The zero-order valence-corrected chi connectivity index (χ0v) is 12.3. The fourth-order valence-electron chi connectivity index (χ4n) is 2.42. The van der Waals surface area contributed by atoms with Crippen molar-refractivity contribution in [2.24, 2.45) is 11.1 Å². The van der Waals surface area contributed by atoms with E-state index in [9.17, 15) is 13.2 Å². The SMILES string of the molecule is CC1CC(NC(=O)CCc2ccc(S(N)(=O)=O)cc2)C1. The molecule has 1 aliphatic carbocycles.